The topological polar surface area (TPSA) is 55.7 Å². The van der Waals surface area contributed by atoms with Gasteiger partial charge in [0.05, 0.1) is 5.56 Å². The molecule has 0 radical (unpaired) electrons. The van der Waals surface area contributed by atoms with Gasteiger partial charge in [-0.3, -0.25) is 4.79 Å². The lowest BCUT2D eigenvalue weighted by Crippen LogP contribution is -2.23. The van der Waals surface area contributed by atoms with Crippen LogP contribution >= 0.6 is 0 Å². The minimum atomic E-state index is -0.584. The molecule has 0 heterocycles. The van der Waals surface area contributed by atoms with Gasteiger partial charge in [0, 0.05) is 11.1 Å². The number of benzene rings is 3. The van der Waals surface area contributed by atoms with Crippen LogP contribution in [0.4, 0.5) is 0 Å². The molecule has 3 aromatic carbocycles. The monoisotopic (exact) mass is 341 g/mol. The molecule has 1 aliphatic carbocycles. The van der Waals surface area contributed by atoms with Gasteiger partial charge in [-0.2, -0.15) is 0 Å². The van der Waals surface area contributed by atoms with Gasteiger partial charge in [-0.05, 0) is 29.7 Å². The van der Waals surface area contributed by atoms with E-state index in [2.05, 4.69) is 5.16 Å². The molecule has 0 saturated carbocycles. The van der Waals surface area contributed by atoms with Gasteiger partial charge in [0.1, 0.15) is 0 Å². The van der Waals surface area contributed by atoms with Gasteiger partial charge in [-0.1, -0.05) is 71.9 Å². The third kappa shape index (κ3) is 2.62. The molecule has 0 atom stereocenters. The van der Waals surface area contributed by atoms with Crippen LogP contribution in [0.25, 0.3) is 11.1 Å². The Morgan fingerprint density at radius 1 is 0.769 bits per heavy atom. The van der Waals surface area contributed by atoms with Crippen molar-refractivity contribution in [1.82, 2.24) is 0 Å². The molecule has 0 N–H and O–H groups in total. The first-order valence-corrected chi connectivity index (χ1v) is 8.25. The Morgan fingerprint density at radius 3 is 2.00 bits per heavy atom. The van der Waals surface area contributed by atoms with E-state index in [9.17, 15) is 9.59 Å². The Morgan fingerprint density at radius 2 is 1.31 bits per heavy atom. The highest BCUT2D eigenvalue weighted by Gasteiger charge is 2.29. The quantitative estimate of drug-likeness (QED) is 0.512. The maximum absolute atomic E-state index is 12.9. The van der Waals surface area contributed by atoms with E-state index in [-0.39, 0.29) is 11.5 Å². The van der Waals surface area contributed by atoms with E-state index < -0.39 is 5.97 Å². The molecule has 0 aromatic heterocycles. The van der Waals surface area contributed by atoms with Crippen molar-refractivity contribution in [2.45, 2.75) is 6.92 Å². The zero-order valence-corrected chi connectivity index (χ0v) is 14.1. The number of ketones is 1. The third-order valence-electron chi connectivity index (χ3n) is 4.44. The number of hydrogen-bond acceptors (Lipinski definition) is 4. The van der Waals surface area contributed by atoms with Gasteiger partial charge >= 0.3 is 5.97 Å². The van der Waals surface area contributed by atoms with Crippen molar-refractivity contribution in [3.05, 3.63) is 95.1 Å². The SMILES string of the molecule is Cc1ccccc1C(=O)O/N=C1\C(=O)c2ccccc2-c2ccccc21. The summed E-state index contributed by atoms with van der Waals surface area (Å²) in [6, 6.07) is 21.9. The van der Waals surface area contributed by atoms with Gasteiger partial charge in [0.25, 0.3) is 0 Å². The number of hydrogen-bond donors (Lipinski definition) is 0. The summed E-state index contributed by atoms with van der Waals surface area (Å²) in [6.45, 7) is 1.82. The number of nitrogens with zero attached hydrogens (tertiary/aromatic N) is 1. The predicted octanol–water partition coefficient (Wildman–Crippen LogP) is 4.42. The van der Waals surface area contributed by atoms with Crippen molar-refractivity contribution < 1.29 is 14.4 Å². The molecule has 4 nitrogen and oxygen atoms in total. The van der Waals surface area contributed by atoms with Crippen LogP contribution in [0, 0.1) is 6.92 Å². The zero-order chi connectivity index (χ0) is 18.1. The lowest BCUT2D eigenvalue weighted by molar-refractivity contribution is 0.0515. The number of aryl methyl sites for hydroxylation is 1. The van der Waals surface area contributed by atoms with Crippen LogP contribution in [-0.4, -0.2) is 17.5 Å². The molecule has 0 amide bonds. The van der Waals surface area contributed by atoms with Crippen LogP contribution in [0.3, 0.4) is 0 Å². The zero-order valence-electron chi connectivity index (χ0n) is 14.1. The molecular weight excluding hydrogens is 326 g/mol. The van der Waals surface area contributed by atoms with Gasteiger partial charge in [0.2, 0.25) is 5.78 Å². The van der Waals surface area contributed by atoms with Crippen molar-refractivity contribution in [2.24, 2.45) is 5.16 Å². The Labute approximate surface area is 150 Å². The normalized spacial score (nSPS) is 13.9. The van der Waals surface area contributed by atoms with Crippen molar-refractivity contribution in [2.75, 3.05) is 0 Å². The van der Waals surface area contributed by atoms with Crippen LogP contribution in [0.2, 0.25) is 0 Å². The molecule has 3 aromatic rings. The molecule has 126 valence electrons. The fourth-order valence-corrected chi connectivity index (χ4v) is 3.12. The average Bonchev–Trinajstić information content (AvgIpc) is 2.68. The molecule has 1 aliphatic rings. The van der Waals surface area contributed by atoms with E-state index in [1.165, 1.54) is 0 Å². The maximum atomic E-state index is 12.9. The summed E-state index contributed by atoms with van der Waals surface area (Å²) in [5.74, 6) is -0.836. The second kappa shape index (κ2) is 6.41. The van der Waals surface area contributed by atoms with Crippen LogP contribution in [-0.2, 0) is 4.84 Å². The summed E-state index contributed by atoms with van der Waals surface area (Å²) in [4.78, 5) is 30.3. The summed E-state index contributed by atoms with van der Waals surface area (Å²) in [5.41, 5.74) is 4.32. The summed E-state index contributed by atoms with van der Waals surface area (Å²) in [7, 11) is 0. The first-order valence-electron chi connectivity index (χ1n) is 8.25. The van der Waals surface area contributed by atoms with Crippen molar-refractivity contribution in [3.63, 3.8) is 0 Å². The molecule has 0 unspecified atom stereocenters. The smallest absolute Gasteiger partial charge is 0.312 e. The molecule has 0 fully saturated rings. The molecule has 4 heteroatoms. The van der Waals surface area contributed by atoms with Gasteiger partial charge in [-0.15, -0.1) is 0 Å². The fraction of sp³-hybridized carbons (Fsp3) is 0.0455. The van der Waals surface area contributed by atoms with E-state index in [0.717, 1.165) is 16.7 Å². The van der Waals surface area contributed by atoms with Crippen molar-refractivity contribution >= 4 is 17.5 Å². The minimum Gasteiger partial charge on any atom is -0.312 e. The van der Waals surface area contributed by atoms with Gasteiger partial charge in [0.15, 0.2) is 5.71 Å². The van der Waals surface area contributed by atoms with Gasteiger partial charge in [-0.25, -0.2) is 4.79 Å². The van der Waals surface area contributed by atoms with E-state index in [1.54, 1.807) is 18.2 Å². The Bertz CT molecular complexity index is 1070. The van der Waals surface area contributed by atoms with E-state index in [0.29, 0.717) is 16.7 Å². The Hall–Kier alpha value is -3.53. The number of fused-ring (bicyclic) bond motifs is 3. The highest BCUT2D eigenvalue weighted by atomic mass is 16.7. The summed E-state index contributed by atoms with van der Waals surface area (Å²) < 4.78 is 0. The minimum absolute atomic E-state index is 0.140. The number of carbonyl (C=O) groups is 2. The number of rotatable bonds is 2. The summed E-state index contributed by atoms with van der Waals surface area (Å²) in [5, 5.41) is 3.94. The van der Waals surface area contributed by atoms with Crippen molar-refractivity contribution in [3.8, 4) is 11.1 Å². The van der Waals surface area contributed by atoms with Gasteiger partial charge < -0.3 is 4.84 Å². The second-order valence-corrected chi connectivity index (χ2v) is 6.05. The van der Waals surface area contributed by atoms with Crippen LogP contribution in [0.15, 0.2) is 78.0 Å². The number of carbonyl (C=O) groups excluding carboxylic acids is 2. The highest BCUT2D eigenvalue weighted by molar-refractivity contribution is 6.54. The number of Topliss-reactive ketones (excluding diaryl/α,β-unsaturated/α-hetero) is 1. The standard InChI is InChI=1S/C22H15NO3/c1-14-8-2-3-9-15(14)22(25)26-23-20-18-12-6-4-10-16(18)17-11-5-7-13-19(17)21(20)24/h2-13H,1H3/b23-20-. The molecular formula is C22H15NO3. The molecule has 0 aliphatic heterocycles. The molecule has 26 heavy (non-hydrogen) atoms. The summed E-state index contributed by atoms with van der Waals surface area (Å²) >= 11 is 0. The van der Waals surface area contributed by atoms with Crippen LogP contribution in [0.1, 0.15) is 31.8 Å². The first kappa shape index (κ1) is 16.0. The lowest BCUT2D eigenvalue weighted by atomic mass is 9.83. The Balaban J connectivity index is 1.75. The Kier molecular flexibility index (Phi) is 3.93. The molecule has 0 spiro atoms. The van der Waals surface area contributed by atoms with E-state index in [4.69, 9.17) is 4.84 Å². The second-order valence-electron chi connectivity index (χ2n) is 6.05. The van der Waals surface area contributed by atoms with E-state index >= 15 is 0 Å². The highest BCUT2D eigenvalue weighted by Crippen LogP contribution is 2.33. The average molecular weight is 341 g/mol. The van der Waals surface area contributed by atoms with Crippen molar-refractivity contribution in [1.29, 1.82) is 0 Å². The maximum Gasteiger partial charge on any atom is 0.366 e. The molecule has 0 bridgehead atoms. The third-order valence-corrected chi connectivity index (χ3v) is 4.44. The lowest BCUT2D eigenvalue weighted by Gasteiger charge is -2.19. The summed E-state index contributed by atoms with van der Waals surface area (Å²) in [6.07, 6.45) is 0. The first-order chi connectivity index (χ1) is 12.7. The van der Waals surface area contributed by atoms with E-state index in [1.807, 2.05) is 61.5 Å². The number of oxime groups is 1. The molecule has 0 saturated heterocycles. The molecule has 4 rings (SSSR count). The predicted molar refractivity (Wildman–Crippen MR) is 99.3 cm³/mol. The van der Waals surface area contributed by atoms with Crippen LogP contribution < -0.4 is 0 Å². The fourth-order valence-electron chi connectivity index (χ4n) is 3.12. The largest absolute Gasteiger partial charge is 0.366 e. The van der Waals surface area contributed by atoms with Crippen LogP contribution in [0.5, 0.6) is 0 Å².